The van der Waals surface area contributed by atoms with Crippen LogP contribution in [0.5, 0.6) is 0 Å². The molecule has 150 valence electrons. The van der Waals surface area contributed by atoms with Crippen LogP contribution < -0.4 is 4.90 Å². The number of rotatable bonds is 4. The fourth-order valence-corrected chi connectivity index (χ4v) is 4.66. The van der Waals surface area contributed by atoms with Crippen LogP contribution in [0.25, 0.3) is 6.08 Å². The van der Waals surface area contributed by atoms with Crippen molar-refractivity contribution in [1.29, 1.82) is 0 Å². The number of benzene rings is 2. The standard InChI is InChI=1S/C23H18N2O3S2/c1-15-10-12-17(13-11-15)24-20(26)14-18(21(24)27)25-22(28)19(30-23(25)29)9-5-8-16-6-3-2-4-7-16/h2-13,18H,14H2,1H3/b8-5+,19-9+. The van der Waals surface area contributed by atoms with E-state index in [9.17, 15) is 14.4 Å². The SMILES string of the molecule is Cc1ccc(N2C(=O)CC(N3C(=O)/C(=C\C=C\c4ccccc4)SC3=S)C2=O)cc1. The van der Waals surface area contributed by atoms with Crippen LogP contribution in [0, 0.1) is 6.92 Å². The van der Waals surface area contributed by atoms with Gasteiger partial charge >= 0.3 is 0 Å². The third kappa shape index (κ3) is 3.86. The Morgan fingerprint density at radius 1 is 1.03 bits per heavy atom. The predicted octanol–water partition coefficient (Wildman–Crippen LogP) is 4.08. The minimum Gasteiger partial charge on any atom is -0.280 e. The molecule has 2 heterocycles. The molecule has 5 nitrogen and oxygen atoms in total. The number of thioether (sulfide) groups is 1. The Kier molecular flexibility index (Phi) is 5.65. The molecule has 0 saturated carbocycles. The van der Waals surface area contributed by atoms with Crippen molar-refractivity contribution in [2.24, 2.45) is 0 Å². The number of thiocarbonyl (C=S) groups is 1. The zero-order chi connectivity index (χ0) is 21.3. The Morgan fingerprint density at radius 3 is 2.43 bits per heavy atom. The van der Waals surface area contributed by atoms with E-state index in [2.05, 4.69) is 0 Å². The molecular formula is C23H18N2O3S2. The van der Waals surface area contributed by atoms with Crippen LogP contribution in [0.4, 0.5) is 5.69 Å². The molecule has 2 saturated heterocycles. The molecule has 0 spiro atoms. The lowest BCUT2D eigenvalue weighted by Gasteiger charge is -2.21. The number of aryl methyl sites for hydroxylation is 1. The van der Waals surface area contributed by atoms with Crippen molar-refractivity contribution in [3.63, 3.8) is 0 Å². The monoisotopic (exact) mass is 434 g/mol. The number of nitrogens with zero attached hydrogens (tertiary/aromatic N) is 2. The molecule has 7 heteroatoms. The lowest BCUT2D eigenvalue weighted by Crippen LogP contribution is -2.44. The molecule has 0 bridgehead atoms. The molecule has 2 aromatic rings. The quantitative estimate of drug-likeness (QED) is 0.412. The minimum atomic E-state index is -0.907. The molecule has 0 N–H and O–H groups in total. The molecule has 1 unspecified atom stereocenters. The molecule has 3 amide bonds. The molecule has 2 aliphatic rings. The van der Waals surface area contributed by atoms with E-state index in [0.29, 0.717) is 10.6 Å². The summed E-state index contributed by atoms with van der Waals surface area (Å²) >= 11 is 6.50. The third-order valence-electron chi connectivity index (χ3n) is 4.89. The fraction of sp³-hybridized carbons (Fsp3) is 0.130. The zero-order valence-electron chi connectivity index (χ0n) is 16.1. The summed E-state index contributed by atoms with van der Waals surface area (Å²) in [7, 11) is 0. The highest BCUT2D eigenvalue weighted by atomic mass is 32.2. The maximum absolute atomic E-state index is 13.0. The molecule has 4 rings (SSSR count). The van der Waals surface area contributed by atoms with Crippen molar-refractivity contribution in [2.45, 2.75) is 19.4 Å². The average Bonchev–Trinajstić information content (AvgIpc) is 3.18. The van der Waals surface area contributed by atoms with Crippen LogP contribution in [0.3, 0.4) is 0 Å². The third-order valence-corrected chi connectivity index (χ3v) is 6.23. The van der Waals surface area contributed by atoms with E-state index in [1.807, 2.05) is 55.5 Å². The number of carbonyl (C=O) groups is 3. The van der Waals surface area contributed by atoms with E-state index >= 15 is 0 Å². The van der Waals surface area contributed by atoms with Gasteiger partial charge in [-0.15, -0.1) is 0 Å². The number of hydrogen-bond acceptors (Lipinski definition) is 5. The maximum Gasteiger partial charge on any atom is 0.266 e. The van der Waals surface area contributed by atoms with Gasteiger partial charge in [-0.2, -0.15) is 0 Å². The molecule has 2 aromatic carbocycles. The summed E-state index contributed by atoms with van der Waals surface area (Å²) in [5.74, 6) is -1.11. The van der Waals surface area contributed by atoms with Gasteiger partial charge in [-0.05, 0) is 30.7 Å². The Morgan fingerprint density at radius 2 is 1.73 bits per heavy atom. The summed E-state index contributed by atoms with van der Waals surface area (Å²) in [6, 6.07) is 15.9. The van der Waals surface area contributed by atoms with E-state index in [1.54, 1.807) is 24.3 Å². The molecule has 0 aliphatic carbocycles. The van der Waals surface area contributed by atoms with Crippen molar-refractivity contribution in [1.82, 2.24) is 4.90 Å². The summed E-state index contributed by atoms with van der Waals surface area (Å²) in [6.07, 6.45) is 5.27. The zero-order valence-corrected chi connectivity index (χ0v) is 17.8. The van der Waals surface area contributed by atoms with Gasteiger partial charge in [0.1, 0.15) is 10.4 Å². The van der Waals surface area contributed by atoms with Gasteiger partial charge in [0, 0.05) is 0 Å². The summed E-state index contributed by atoms with van der Waals surface area (Å²) in [6.45, 7) is 1.93. The first kappa shape index (κ1) is 20.3. The second kappa shape index (κ2) is 8.38. The molecule has 2 fully saturated rings. The van der Waals surface area contributed by atoms with Crippen LogP contribution >= 0.6 is 24.0 Å². The number of amides is 3. The largest absolute Gasteiger partial charge is 0.280 e. The molecule has 0 radical (unpaired) electrons. The Bertz CT molecular complexity index is 1090. The number of imide groups is 1. The summed E-state index contributed by atoms with van der Waals surface area (Å²) in [4.78, 5) is 41.3. The first-order valence-electron chi connectivity index (χ1n) is 9.38. The minimum absolute atomic E-state index is 0.0771. The van der Waals surface area contributed by atoms with Gasteiger partial charge in [-0.1, -0.05) is 84.2 Å². The van der Waals surface area contributed by atoms with Gasteiger partial charge in [0.2, 0.25) is 5.91 Å². The highest BCUT2D eigenvalue weighted by Gasteiger charge is 2.48. The lowest BCUT2D eigenvalue weighted by atomic mass is 10.2. The van der Waals surface area contributed by atoms with Gasteiger partial charge in [-0.25, -0.2) is 4.90 Å². The van der Waals surface area contributed by atoms with E-state index in [-0.39, 0.29) is 22.6 Å². The van der Waals surface area contributed by atoms with Crippen LogP contribution in [0.15, 0.2) is 71.7 Å². The van der Waals surface area contributed by atoms with Gasteiger partial charge < -0.3 is 0 Å². The van der Waals surface area contributed by atoms with E-state index in [1.165, 1.54) is 4.90 Å². The van der Waals surface area contributed by atoms with Crippen LogP contribution in [-0.2, 0) is 14.4 Å². The topological polar surface area (TPSA) is 57.7 Å². The van der Waals surface area contributed by atoms with Crippen molar-refractivity contribution in [2.75, 3.05) is 4.90 Å². The molecular weight excluding hydrogens is 416 g/mol. The number of hydrogen-bond donors (Lipinski definition) is 0. The van der Waals surface area contributed by atoms with Crippen LogP contribution in [0.1, 0.15) is 17.5 Å². The van der Waals surface area contributed by atoms with Gasteiger partial charge in [0.15, 0.2) is 0 Å². The number of anilines is 1. The van der Waals surface area contributed by atoms with Crippen LogP contribution in [0.2, 0.25) is 0 Å². The first-order valence-corrected chi connectivity index (χ1v) is 10.6. The Hall–Kier alpha value is -3.03. The smallest absolute Gasteiger partial charge is 0.266 e. The molecule has 2 aliphatic heterocycles. The Balaban J connectivity index is 1.53. The van der Waals surface area contributed by atoms with E-state index < -0.39 is 11.9 Å². The van der Waals surface area contributed by atoms with Crippen molar-refractivity contribution < 1.29 is 14.4 Å². The van der Waals surface area contributed by atoms with E-state index in [0.717, 1.165) is 27.8 Å². The highest BCUT2D eigenvalue weighted by Crippen LogP contribution is 2.36. The predicted molar refractivity (Wildman–Crippen MR) is 123 cm³/mol. The summed E-state index contributed by atoms with van der Waals surface area (Å²) in [5, 5.41) is 0. The van der Waals surface area contributed by atoms with Crippen molar-refractivity contribution in [3.8, 4) is 0 Å². The van der Waals surface area contributed by atoms with Crippen molar-refractivity contribution in [3.05, 3.63) is 82.8 Å². The van der Waals surface area contributed by atoms with E-state index in [4.69, 9.17) is 12.2 Å². The second-order valence-electron chi connectivity index (χ2n) is 6.97. The molecule has 1 atom stereocenters. The number of allylic oxidation sites excluding steroid dienone is 2. The normalized spacial score (nSPS) is 21.0. The molecule has 30 heavy (non-hydrogen) atoms. The van der Waals surface area contributed by atoms with Crippen molar-refractivity contribution >= 4 is 57.8 Å². The fourth-order valence-electron chi connectivity index (χ4n) is 3.36. The average molecular weight is 435 g/mol. The first-order chi connectivity index (χ1) is 14.5. The van der Waals surface area contributed by atoms with Gasteiger partial charge in [-0.3, -0.25) is 19.3 Å². The maximum atomic E-state index is 13.0. The van der Waals surface area contributed by atoms with Gasteiger partial charge in [0.25, 0.3) is 11.8 Å². The molecule has 0 aromatic heterocycles. The summed E-state index contributed by atoms with van der Waals surface area (Å²) in [5.41, 5.74) is 2.54. The van der Waals surface area contributed by atoms with Gasteiger partial charge in [0.05, 0.1) is 17.0 Å². The Labute approximate surface area is 184 Å². The van der Waals surface area contributed by atoms with Crippen LogP contribution in [-0.4, -0.2) is 33.0 Å². The second-order valence-corrected chi connectivity index (χ2v) is 8.64. The lowest BCUT2D eigenvalue weighted by molar-refractivity contribution is -0.130. The highest BCUT2D eigenvalue weighted by molar-refractivity contribution is 8.26. The number of carbonyl (C=O) groups excluding carboxylic acids is 3. The summed E-state index contributed by atoms with van der Waals surface area (Å²) < 4.78 is 0.288.